The van der Waals surface area contributed by atoms with E-state index in [1.165, 1.54) is 0 Å². The zero-order chi connectivity index (χ0) is 10.7. The molecule has 3 fully saturated rings. The molecule has 2 bridgehead atoms. The van der Waals surface area contributed by atoms with Crippen molar-refractivity contribution in [3.05, 3.63) is 0 Å². The van der Waals surface area contributed by atoms with E-state index < -0.39 is 12.2 Å². The summed E-state index contributed by atoms with van der Waals surface area (Å²) in [6.45, 7) is 3.84. The summed E-state index contributed by atoms with van der Waals surface area (Å²) in [7, 11) is 0. The number of rotatable bonds is 0. The predicted molar refractivity (Wildman–Crippen MR) is 51.0 cm³/mol. The van der Waals surface area contributed by atoms with Crippen molar-refractivity contribution in [2.24, 2.45) is 17.8 Å². The number of aliphatic hydroxyl groups is 1. The Labute approximate surface area is 88.6 Å². The maximum Gasteiger partial charge on any atom is 0.335 e. The van der Waals surface area contributed by atoms with Crippen molar-refractivity contribution in [3.8, 4) is 0 Å². The van der Waals surface area contributed by atoms with E-state index >= 15 is 0 Å². The number of carbonyl (C=O) groups excluding carboxylic acids is 1. The van der Waals surface area contributed by atoms with Crippen LogP contribution in [0, 0.1) is 17.8 Å². The average Bonchev–Trinajstić information content (AvgIpc) is 2.93. The third kappa shape index (κ3) is 1.24. The molecule has 84 valence electrons. The van der Waals surface area contributed by atoms with Crippen LogP contribution in [-0.4, -0.2) is 35.5 Å². The highest BCUT2D eigenvalue weighted by Gasteiger charge is 2.58. The molecule has 0 spiro atoms. The molecule has 0 amide bonds. The smallest absolute Gasteiger partial charge is 0.335 e. The fourth-order valence-electron chi connectivity index (χ4n) is 2.92. The number of hydrogen-bond acceptors (Lipinski definition) is 4. The second-order valence-electron chi connectivity index (χ2n) is 5.11. The molecule has 15 heavy (non-hydrogen) atoms. The summed E-state index contributed by atoms with van der Waals surface area (Å²) in [6.07, 6.45) is -0.0751. The lowest BCUT2D eigenvalue weighted by Gasteiger charge is -2.40. The molecule has 7 atom stereocenters. The Hall–Kier alpha value is -0.610. The Morgan fingerprint density at radius 2 is 2.07 bits per heavy atom. The van der Waals surface area contributed by atoms with E-state index in [1.54, 1.807) is 0 Å². The van der Waals surface area contributed by atoms with E-state index in [-0.39, 0.29) is 30.0 Å². The van der Waals surface area contributed by atoms with Crippen LogP contribution in [0.3, 0.4) is 0 Å². The molecule has 0 aromatic rings. The van der Waals surface area contributed by atoms with Crippen LogP contribution >= 0.6 is 0 Å². The molecule has 2 aliphatic heterocycles. The van der Waals surface area contributed by atoms with Gasteiger partial charge in [-0.05, 0) is 6.42 Å². The van der Waals surface area contributed by atoms with E-state index in [9.17, 15) is 9.90 Å². The third-order valence-electron chi connectivity index (χ3n) is 4.08. The quantitative estimate of drug-likeness (QED) is 0.588. The molecule has 3 aliphatic rings. The van der Waals surface area contributed by atoms with E-state index in [4.69, 9.17) is 9.47 Å². The Bertz CT molecular complexity index is 303. The molecular weight excluding hydrogens is 196 g/mol. The maximum atomic E-state index is 11.7. The molecule has 1 N–H and O–H groups in total. The second-order valence-corrected chi connectivity index (χ2v) is 5.11. The van der Waals surface area contributed by atoms with Gasteiger partial charge in [0, 0.05) is 17.8 Å². The lowest BCUT2D eigenvalue weighted by atomic mass is 9.81. The summed E-state index contributed by atoms with van der Waals surface area (Å²) < 4.78 is 11.1. The number of carbonyl (C=O) groups is 1. The van der Waals surface area contributed by atoms with Crippen LogP contribution in [-0.2, 0) is 14.3 Å². The van der Waals surface area contributed by atoms with Gasteiger partial charge in [-0.2, -0.15) is 0 Å². The molecule has 0 radical (unpaired) electrons. The molecule has 3 rings (SSSR count). The topological polar surface area (TPSA) is 55.8 Å². The predicted octanol–water partition coefficient (Wildman–Crippen LogP) is 0.332. The van der Waals surface area contributed by atoms with E-state index in [2.05, 4.69) is 0 Å². The molecule has 4 heteroatoms. The van der Waals surface area contributed by atoms with Gasteiger partial charge in [-0.15, -0.1) is 0 Å². The Balaban J connectivity index is 1.93. The summed E-state index contributed by atoms with van der Waals surface area (Å²) in [4.78, 5) is 11.7. The third-order valence-corrected chi connectivity index (χ3v) is 4.08. The van der Waals surface area contributed by atoms with Crippen LogP contribution < -0.4 is 0 Å². The number of fused-ring (bicyclic) bond motifs is 4. The molecule has 0 aromatic heterocycles. The highest BCUT2D eigenvalue weighted by molar-refractivity contribution is 5.76. The molecule has 1 aliphatic carbocycles. The van der Waals surface area contributed by atoms with Crippen molar-refractivity contribution in [1.29, 1.82) is 0 Å². The molecule has 0 aromatic carbocycles. The summed E-state index contributed by atoms with van der Waals surface area (Å²) >= 11 is 0. The number of esters is 1. The number of ether oxygens (including phenoxy) is 2. The monoisotopic (exact) mass is 212 g/mol. The van der Waals surface area contributed by atoms with Gasteiger partial charge in [0.05, 0.1) is 12.2 Å². The van der Waals surface area contributed by atoms with Gasteiger partial charge in [0.2, 0.25) is 0 Å². The largest absolute Gasteiger partial charge is 0.460 e. The van der Waals surface area contributed by atoms with Gasteiger partial charge in [-0.25, -0.2) is 4.79 Å². The zero-order valence-electron chi connectivity index (χ0n) is 8.92. The Morgan fingerprint density at radius 3 is 2.80 bits per heavy atom. The first-order valence-electron chi connectivity index (χ1n) is 5.63. The molecule has 1 saturated carbocycles. The van der Waals surface area contributed by atoms with Crippen molar-refractivity contribution < 1.29 is 19.4 Å². The van der Waals surface area contributed by atoms with Crippen molar-refractivity contribution >= 4 is 5.97 Å². The van der Waals surface area contributed by atoms with Gasteiger partial charge in [0.15, 0.2) is 6.10 Å². The summed E-state index contributed by atoms with van der Waals surface area (Å²) in [5.41, 5.74) is 0. The Kier molecular flexibility index (Phi) is 1.89. The van der Waals surface area contributed by atoms with Crippen molar-refractivity contribution in [1.82, 2.24) is 0 Å². The van der Waals surface area contributed by atoms with Gasteiger partial charge in [-0.1, -0.05) is 13.8 Å². The van der Waals surface area contributed by atoms with Crippen LogP contribution in [0.1, 0.15) is 20.3 Å². The fraction of sp³-hybridized carbons (Fsp3) is 0.909. The number of hydrogen-bond donors (Lipinski definition) is 1. The van der Waals surface area contributed by atoms with E-state index in [0.29, 0.717) is 5.92 Å². The van der Waals surface area contributed by atoms with Gasteiger partial charge in [0.1, 0.15) is 6.10 Å². The van der Waals surface area contributed by atoms with Crippen LogP contribution in [0.5, 0.6) is 0 Å². The molecule has 2 heterocycles. The normalized spacial score (nSPS) is 57.8. The van der Waals surface area contributed by atoms with Gasteiger partial charge >= 0.3 is 5.97 Å². The first-order valence-corrected chi connectivity index (χ1v) is 5.63. The van der Waals surface area contributed by atoms with E-state index in [0.717, 1.165) is 6.42 Å². The molecule has 4 unspecified atom stereocenters. The van der Waals surface area contributed by atoms with Gasteiger partial charge in [-0.3, -0.25) is 0 Å². The highest BCUT2D eigenvalue weighted by atomic mass is 16.6. The summed E-state index contributed by atoms with van der Waals surface area (Å²) in [5, 5.41) is 10.0. The lowest BCUT2D eigenvalue weighted by Crippen LogP contribution is -2.51. The SMILES string of the molecule is CC1C(O)C(C)[C@@H]2O[C@H]1C1C[C@H]1OC2=O. The van der Waals surface area contributed by atoms with Crippen molar-refractivity contribution in [2.45, 2.75) is 44.7 Å². The second kappa shape index (κ2) is 2.95. The highest BCUT2D eigenvalue weighted by Crippen LogP contribution is 2.48. The minimum atomic E-state index is -0.561. The van der Waals surface area contributed by atoms with E-state index in [1.807, 2.05) is 13.8 Å². The standard InChI is InChI=1S/C11H16O4/c1-4-8(12)5(2)10-11(13)14-7-3-6(7)9(4)15-10/h4-10,12H,3H2,1-2H3/t4?,5?,6?,7-,8?,9-,10+/m1/s1. The minimum Gasteiger partial charge on any atom is -0.460 e. The summed E-state index contributed by atoms with van der Waals surface area (Å²) in [6, 6.07) is 0. The van der Waals surface area contributed by atoms with Crippen molar-refractivity contribution in [2.75, 3.05) is 0 Å². The minimum absolute atomic E-state index is 0.00218. The van der Waals surface area contributed by atoms with Crippen LogP contribution in [0.4, 0.5) is 0 Å². The average molecular weight is 212 g/mol. The fourth-order valence-corrected chi connectivity index (χ4v) is 2.92. The van der Waals surface area contributed by atoms with Crippen LogP contribution in [0.25, 0.3) is 0 Å². The van der Waals surface area contributed by atoms with Gasteiger partial charge in [0.25, 0.3) is 0 Å². The van der Waals surface area contributed by atoms with Crippen molar-refractivity contribution in [3.63, 3.8) is 0 Å². The molecular formula is C11H16O4. The first-order chi connectivity index (χ1) is 7.09. The molecule has 4 nitrogen and oxygen atoms in total. The maximum absolute atomic E-state index is 11.7. The zero-order valence-corrected chi connectivity index (χ0v) is 8.92. The van der Waals surface area contributed by atoms with Crippen LogP contribution in [0.2, 0.25) is 0 Å². The number of aliphatic hydroxyl groups excluding tert-OH is 1. The lowest BCUT2D eigenvalue weighted by molar-refractivity contribution is -0.188. The summed E-state index contributed by atoms with van der Waals surface area (Å²) in [5.74, 6) is -0.0402. The molecule has 2 saturated heterocycles. The first kappa shape index (κ1) is 9.60. The van der Waals surface area contributed by atoms with Crippen LogP contribution in [0.15, 0.2) is 0 Å². The Morgan fingerprint density at radius 1 is 1.33 bits per heavy atom. The van der Waals surface area contributed by atoms with Gasteiger partial charge < -0.3 is 14.6 Å².